The highest BCUT2D eigenvalue weighted by Crippen LogP contribution is 2.26. The van der Waals surface area contributed by atoms with E-state index in [9.17, 15) is 19.7 Å². The summed E-state index contributed by atoms with van der Waals surface area (Å²) in [6.07, 6.45) is 1.12. The fourth-order valence-corrected chi connectivity index (χ4v) is 2.82. The van der Waals surface area contributed by atoms with E-state index in [0.717, 1.165) is 10.9 Å². The number of ether oxygens (including phenoxy) is 1. The standard InChI is InChI=1S/C21H22N6O6/c1-12-8-9-18(33-12)20(29)22-16-7-5-6-15(10-16)13(2)23-24-19(28)14(3)26-11-17(27(30)31)21(25-26)32-4/h5-11,14H,1-4H3,(H,22,29)(H,24,28)/b23-13-/t14-/m0/s1. The number of aryl methyl sites for hydroxylation is 1. The van der Waals surface area contributed by atoms with Gasteiger partial charge in [0.15, 0.2) is 5.76 Å². The average molecular weight is 454 g/mol. The van der Waals surface area contributed by atoms with Crippen molar-refractivity contribution < 1.29 is 23.7 Å². The van der Waals surface area contributed by atoms with Gasteiger partial charge in [0.25, 0.3) is 11.8 Å². The number of nitrogens with zero attached hydrogens (tertiary/aromatic N) is 4. The number of aromatic nitrogens is 2. The van der Waals surface area contributed by atoms with Gasteiger partial charge in [-0.2, -0.15) is 5.10 Å². The van der Waals surface area contributed by atoms with Crippen molar-refractivity contribution in [2.75, 3.05) is 12.4 Å². The molecule has 0 aliphatic heterocycles. The van der Waals surface area contributed by atoms with Crippen LogP contribution < -0.4 is 15.5 Å². The summed E-state index contributed by atoms with van der Waals surface area (Å²) in [5.74, 6) is -0.291. The van der Waals surface area contributed by atoms with Crippen LogP contribution in [0.3, 0.4) is 0 Å². The predicted octanol–water partition coefficient (Wildman–Crippen LogP) is 3.06. The van der Waals surface area contributed by atoms with Gasteiger partial charge in [-0.15, -0.1) is 5.10 Å². The van der Waals surface area contributed by atoms with Crippen LogP contribution in [0.4, 0.5) is 11.4 Å². The SMILES string of the molecule is COc1nn([C@@H](C)C(=O)N/N=C(/C)c2cccc(NC(=O)c3ccc(C)o3)c2)cc1[N+](=O)[O-]. The highest BCUT2D eigenvalue weighted by Gasteiger charge is 2.25. The number of benzene rings is 1. The molecular formula is C21H22N6O6. The van der Waals surface area contributed by atoms with Gasteiger partial charge in [-0.1, -0.05) is 12.1 Å². The first-order chi connectivity index (χ1) is 15.7. The molecule has 172 valence electrons. The molecule has 0 bridgehead atoms. The molecule has 0 aliphatic carbocycles. The Balaban J connectivity index is 1.68. The lowest BCUT2D eigenvalue weighted by Crippen LogP contribution is -2.28. The topological polar surface area (TPSA) is 154 Å². The van der Waals surface area contributed by atoms with Crippen molar-refractivity contribution in [3.05, 3.63) is 69.8 Å². The Morgan fingerprint density at radius 1 is 1.30 bits per heavy atom. The first-order valence-corrected chi connectivity index (χ1v) is 9.79. The van der Waals surface area contributed by atoms with Crippen molar-refractivity contribution in [1.82, 2.24) is 15.2 Å². The maximum atomic E-state index is 12.5. The summed E-state index contributed by atoms with van der Waals surface area (Å²) in [6.45, 7) is 4.95. The maximum absolute atomic E-state index is 12.5. The summed E-state index contributed by atoms with van der Waals surface area (Å²) in [6, 6.07) is 9.31. The molecule has 1 atom stereocenters. The molecule has 0 saturated heterocycles. The molecule has 33 heavy (non-hydrogen) atoms. The molecular weight excluding hydrogens is 432 g/mol. The van der Waals surface area contributed by atoms with Crippen molar-refractivity contribution in [2.24, 2.45) is 5.10 Å². The van der Waals surface area contributed by atoms with Crippen LogP contribution in [-0.4, -0.2) is 39.3 Å². The molecule has 12 heteroatoms. The minimum Gasteiger partial charge on any atom is -0.475 e. The van der Waals surface area contributed by atoms with Crippen LogP contribution in [0.15, 0.2) is 52.1 Å². The zero-order valence-electron chi connectivity index (χ0n) is 18.4. The number of nitrogens with one attached hydrogen (secondary N) is 2. The molecule has 2 aromatic heterocycles. The summed E-state index contributed by atoms with van der Waals surface area (Å²) >= 11 is 0. The second-order valence-corrected chi connectivity index (χ2v) is 7.06. The lowest BCUT2D eigenvalue weighted by atomic mass is 10.1. The number of nitro groups is 1. The summed E-state index contributed by atoms with van der Waals surface area (Å²) in [4.78, 5) is 35.2. The zero-order valence-corrected chi connectivity index (χ0v) is 18.4. The zero-order chi connectivity index (χ0) is 24.1. The second-order valence-electron chi connectivity index (χ2n) is 7.06. The van der Waals surface area contributed by atoms with E-state index in [2.05, 4.69) is 20.9 Å². The first-order valence-electron chi connectivity index (χ1n) is 9.79. The summed E-state index contributed by atoms with van der Waals surface area (Å²) < 4.78 is 11.3. The molecule has 2 N–H and O–H groups in total. The Kier molecular flexibility index (Phi) is 6.86. The summed E-state index contributed by atoms with van der Waals surface area (Å²) in [5.41, 5.74) is 3.73. The number of hydrogen-bond acceptors (Lipinski definition) is 8. The summed E-state index contributed by atoms with van der Waals surface area (Å²) in [5, 5.41) is 21.8. The molecule has 0 aliphatic rings. The van der Waals surface area contributed by atoms with Crippen LogP contribution in [0.1, 0.15) is 41.8 Å². The number of methoxy groups -OCH3 is 1. The van der Waals surface area contributed by atoms with Crippen molar-refractivity contribution in [3.63, 3.8) is 0 Å². The van der Waals surface area contributed by atoms with Gasteiger partial charge >= 0.3 is 11.6 Å². The lowest BCUT2D eigenvalue weighted by Gasteiger charge is -2.10. The summed E-state index contributed by atoms with van der Waals surface area (Å²) in [7, 11) is 1.25. The monoisotopic (exact) mass is 454 g/mol. The molecule has 0 spiro atoms. The lowest BCUT2D eigenvalue weighted by molar-refractivity contribution is -0.385. The van der Waals surface area contributed by atoms with Crippen LogP contribution in [0.2, 0.25) is 0 Å². The van der Waals surface area contributed by atoms with E-state index < -0.39 is 16.9 Å². The third-order valence-corrected chi connectivity index (χ3v) is 4.68. The Morgan fingerprint density at radius 3 is 2.67 bits per heavy atom. The number of rotatable bonds is 8. The molecule has 0 saturated carbocycles. The third kappa shape index (κ3) is 5.42. The van der Waals surface area contributed by atoms with E-state index in [1.165, 1.54) is 14.0 Å². The number of carbonyl (C=O) groups is 2. The van der Waals surface area contributed by atoms with Gasteiger partial charge in [0, 0.05) is 5.69 Å². The molecule has 12 nitrogen and oxygen atoms in total. The Hall–Kier alpha value is -4.48. The number of hydrogen-bond donors (Lipinski definition) is 2. The van der Waals surface area contributed by atoms with E-state index in [0.29, 0.717) is 22.7 Å². The number of carbonyl (C=O) groups excluding carboxylic acids is 2. The predicted molar refractivity (Wildman–Crippen MR) is 118 cm³/mol. The molecule has 2 amide bonds. The van der Waals surface area contributed by atoms with Gasteiger partial charge in [-0.25, -0.2) is 10.1 Å². The molecule has 1 aromatic carbocycles. The quantitative estimate of drug-likeness (QED) is 0.301. The normalized spacial score (nSPS) is 12.2. The average Bonchev–Trinajstić information content (AvgIpc) is 3.43. The van der Waals surface area contributed by atoms with Crippen LogP contribution >= 0.6 is 0 Å². The van der Waals surface area contributed by atoms with Crippen LogP contribution in [0, 0.1) is 17.0 Å². The number of amides is 2. The van der Waals surface area contributed by atoms with Crippen LogP contribution in [0.25, 0.3) is 0 Å². The molecule has 2 heterocycles. The highest BCUT2D eigenvalue weighted by atomic mass is 16.6. The minimum absolute atomic E-state index is 0.192. The van der Waals surface area contributed by atoms with E-state index >= 15 is 0 Å². The van der Waals surface area contributed by atoms with Gasteiger partial charge in [0.1, 0.15) is 18.0 Å². The maximum Gasteiger partial charge on any atom is 0.350 e. The van der Waals surface area contributed by atoms with Crippen molar-refractivity contribution in [3.8, 4) is 5.88 Å². The fraction of sp³-hybridized carbons (Fsp3) is 0.238. The molecule has 3 rings (SSSR count). The molecule has 0 fully saturated rings. The first kappa shape index (κ1) is 23.2. The smallest absolute Gasteiger partial charge is 0.350 e. The van der Waals surface area contributed by atoms with Crippen molar-refractivity contribution in [1.29, 1.82) is 0 Å². The van der Waals surface area contributed by atoms with E-state index in [1.54, 1.807) is 50.2 Å². The van der Waals surface area contributed by atoms with Gasteiger partial charge in [0.2, 0.25) is 0 Å². The van der Waals surface area contributed by atoms with Gasteiger partial charge in [0.05, 0.1) is 17.7 Å². The number of hydrazone groups is 1. The Bertz CT molecular complexity index is 1230. The Labute approximate surface area is 188 Å². The highest BCUT2D eigenvalue weighted by molar-refractivity contribution is 6.04. The van der Waals surface area contributed by atoms with E-state index in [4.69, 9.17) is 9.15 Å². The minimum atomic E-state index is -0.883. The molecule has 0 unspecified atom stereocenters. The van der Waals surface area contributed by atoms with Gasteiger partial charge in [-0.3, -0.25) is 19.7 Å². The fourth-order valence-electron chi connectivity index (χ4n) is 2.82. The Morgan fingerprint density at radius 2 is 2.06 bits per heavy atom. The number of furan rings is 1. The van der Waals surface area contributed by atoms with Gasteiger partial charge in [-0.05, 0) is 50.6 Å². The van der Waals surface area contributed by atoms with Crippen molar-refractivity contribution >= 4 is 28.9 Å². The van der Waals surface area contributed by atoms with Crippen LogP contribution in [-0.2, 0) is 4.79 Å². The van der Waals surface area contributed by atoms with Crippen molar-refractivity contribution in [2.45, 2.75) is 26.8 Å². The van der Waals surface area contributed by atoms with Crippen LogP contribution in [0.5, 0.6) is 5.88 Å². The molecule has 3 aromatic rings. The van der Waals surface area contributed by atoms with E-state index in [1.807, 2.05) is 0 Å². The van der Waals surface area contributed by atoms with E-state index in [-0.39, 0.29) is 23.2 Å². The molecule has 0 radical (unpaired) electrons. The third-order valence-electron chi connectivity index (χ3n) is 4.68. The largest absolute Gasteiger partial charge is 0.475 e. The number of anilines is 1. The second kappa shape index (κ2) is 9.77. The van der Waals surface area contributed by atoms with Gasteiger partial charge < -0.3 is 14.5 Å².